The van der Waals surface area contributed by atoms with Crippen molar-refractivity contribution in [3.05, 3.63) is 33.1 Å². The summed E-state index contributed by atoms with van der Waals surface area (Å²) >= 11 is 0. The van der Waals surface area contributed by atoms with Crippen molar-refractivity contribution < 1.29 is 19.7 Å². The number of aliphatic hydroxyl groups is 2. The summed E-state index contributed by atoms with van der Waals surface area (Å²) in [5.74, 6) is 0. The van der Waals surface area contributed by atoms with Crippen molar-refractivity contribution in [1.29, 1.82) is 0 Å². The van der Waals surface area contributed by atoms with E-state index >= 15 is 0 Å². The quantitative estimate of drug-likeness (QED) is 0.283. The topological polar surface area (TPSA) is 114 Å². The van der Waals surface area contributed by atoms with Crippen LogP contribution in [0.2, 0.25) is 0 Å². The first-order chi connectivity index (χ1) is 16.0. The van der Waals surface area contributed by atoms with E-state index < -0.39 is 35.8 Å². The molecule has 4 atom stereocenters. The summed E-state index contributed by atoms with van der Waals surface area (Å²) in [5.41, 5.74) is -1.22. The summed E-state index contributed by atoms with van der Waals surface area (Å²) in [6.07, 6.45) is 15.2. The normalized spacial score (nSPS) is 22.8. The van der Waals surface area contributed by atoms with Gasteiger partial charge in [-0.2, -0.15) is 0 Å². The molecular weight excluding hydrogens is 424 g/mol. The Kier molecular flexibility index (Phi) is 13.6. The number of aromatic amines is 1. The molecular formula is C25H44N2O6. The fourth-order valence-electron chi connectivity index (χ4n) is 4.32. The zero-order valence-electron chi connectivity index (χ0n) is 20.3. The second-order valence-electron chi connectivity index (χ2n) is 9.23. The van der Waals surface area contributed by atoms with Crippen LogP contribution in [-0.4, -0.2) is 51.3 Å². The Hall–Kier alpha value is -1.48. The number of H-pyrrole nitrogens is 1. The lowest BCUT2D eigenvalue weighted by Crippen LogP contribution is -2.37. The SMILES string of the molecule is CCCCCCCCCCCCCCCCOC[C@H]1O[C@@H](n2ccc(=O)[nH]c2=O)[C@H](O)[C@@H]1O. The Morgan fingerprint density at radius 2 is 1.42 bits per heavy atom. The number of aliphatic hydroxyl groups excluding tert-OH is 2. The third-order valence-corrected chi connectivity index (χ3v) is 6.39. The largest absolute Gasteiger partial charge is 0.387 e. The van der Waals surface area contributed by atoms with E-state index in [1.54, 1.807) is 0 Å². The highest BCUT2D eigenvalue weighted by atomic mass is 16.6. The second kappa shape index (κ2) is 16.2. The highest BCUT2D eigenvalue weighted by Gasteiger charge is 2.44. The van der Waals surface area contributed by atoms with Gasteiger partial charge in [-0.05, 0) is 6.42 Å². The first-order valence-corrected chi connectivity index (χ1v) is 13.0. The smallest absolute Gasteiger partial charge is 0.330 e. The summed E-state index contributed by atoms with van der Waals surface area (Å²) in [7, 11) is 0. The molecule has 0 aromatic carbocycles. The van der Waals surface area contributed by atoms with Crippen molar-refractivity contribution in [2.75, 3.05) is 13.2 Å². The number of aromatic nitrogens is 2. The number of hydrogen-bond donors (Lipinski definition) is 3. The Bertz CT molecular complexity index is 749. The van der Waals surface area contributed by atoms with E-state index in [9.17, 15) is 19.8 Å². The summed E-state index contributed by atoms with van der Waals surface area (Å²) in [4.78, 5) is 25.2. The molecule has 3 N–H and O–H groups in total. The van der Waals surface area contributed by atoms with Crippen molar-refractivity contribution in [1.82, 2.24) is 9.55 Å². The van der Waals surface area contributed by atoms with Crippen LogP contribution in [0, 0.1) is 0 Å². The molecule has 0 spiro atoms. The molecule has 190 valence electrons. The van der Waals surface area contributed by atoms with E-state index in [0.717, 1.165) is 17.4 Å². The minimum atomic E-state index is -1.27. The summed E-state index contributed by atoms with van der Waals surface area (Å²) < 4.78 is 12.3. The number of hydrogen-bond acceptors (Lipinski definition) is 6. The molecule has 1 aliphatic rings. The van der Waals surface area contributed by atoms with Crippen LogP contribution in [0.1, 0.15) is 103 Å². The molecule has 8 heteroatoms. The summed E-state index contributed by atoms with van der Waals surface area (Å²) in [6, 6.07) is 1.17. The fourth-order valence-corrected chi connectivity index (χ4v) is 4.32. The summed E-state index contributed by atoms with van der Waals surface area (Å²) in [5, 5.41) is 20.4. The third kappa shape index (κ3) is 10.1. The van der Waals surface area contributed by atoms with Crippen LogP contribution in [0.15, 0.2) is 21.9 Å². The van der Waals surface area contributed by atoms with Gasteiger partial charge in [-0.15, -0.1) is 0 Å². The van der Waals surface area contributed by atoms with Crippen molar-refractivity contribution >= 4 is 0 Å². The van der Waals surface area contributed by atoms with Gasteiger partial charge in [-0.1, -0.05) is 90.4 Å². The van der Waals surface area contributed by atoms with Gasteiger partial charge in [0.25, 0.3) is 5.56 Å². The predicted octanol–water partition coefficient (Wildman–Crippen LogP) is 3.65. The molecule has 2 heterocycles. The van der Waals surface area contributed by atoms with Crippen molar-refractivity contribution in [2.24, 2.45) is 0 Å². The van der Waals surface area contributed by atoms with Gasteiger partial charge in [0, 0.05) is 18.9 Å². The van der Waals surface area contributed by atoms with Crippen molar-refractivity contribution in [3.63, 3.8) is 0 Å². The molecule has 0 bridgehead atoms. The Balaban J connectivity index is 1.46. The van der Waals surface area contributed by atoms with Crippen LogP contribution in [0.5, 0.6) is 0 Å². The molecule has 0 aliphatic carbocycles. The molecule has 33 heavy (non-hydrogen) atoms. The lowest BCUT2D eigenvalue weighted by atomic mass is 10.0. The maximum Gasteiger partial charge on any atom is 0.330 e. The highest BCUT2D eigenvalue weighted by Crippen LogP contribution is 2.28. The minimum absolute atomic E-state index is 0.144. The summed E-state index contributed by atoms with van der Waals surface area (Å²) in [6.45, 7) is 2.98. The molecule has 1 aromatic heterocycles. The van der Waals surface area contributed by atoms with Crippen LogP contribution < -0.4 is 11.2 Å². The van der Waals surface area contributed by atoms with Gasteiger partial charge in [0.1, 0.15) is 18.3 Å². The first-order valence-electron chi connectivity index (χ1n) is 13.0. The fraction of sp³-hybridized carbons (Fsp3) is 0.840. The monoisotopic (exact) mass is 468 g/mol. The van der Waals surface area contributed by atoms with E-state index in [1.165, 1.54) is 89.3 Å². The molecule has 2 rings (SSSR count). The van der Waals surface area contributed by atoms with Crippen LogP contribution >= 0.6 is 0 Å². The van der Waals surface area contributed by atoms with Gasteiger partial charge < -0.3 is 19.7 Å². The van der Waals surface area contributed by atoms with Crippen molar-refractivity contribution in [3.8, 4) is 0 Å². The van der Waals surface area contributed by atoms with E-state index in [4.69, 9.17) is 9.47 Å². The average Bonchev–Trinajstić information content (AvgIpc) is 3.07. The van der Waals surface area contributed by atoms with Gasteiger partial charge in [0.15, 0.2) is 6.23 Å². The van der Waals surface area contributed by atoms with E-state index in [2.05, 4.69) is 11.9 Å². The first kappa shape index (κ1) is 27.8. The van der Waals surface area contributed by atoms with Gasteiger partial charge in [-0.3, -0.25) is 14.3 Å². The number of nitrogens with zero attached hydrogens (tertiary/aromatic N) is 1. The molecule has 0 amide bonds. The molecule has 1 fully saturated rings. The predicted molar refractivity (Wildman–Crippen MR) is 128 cm³/mol. The van der Waals surface area contributed by atoms with Crippen LogP contribution in [0.4, 0.5) is 0 Å². The van der Waals surface area contributed by atoms with E-state index in [0.29, 0.717) is 6.61 Å². The Morgan fingerprint density at radius 1 is 0.879 bits per heavy atom. The number of unbranched alkanes of at least 4 members (excludes halogenated alkanes) is 13. The van der Waals surface area contributed by atoms with Crippen molar-refractivity contribution in [2.45, 2.75) is 121 Å². The zero-order valence-corrected chi connectivity index (χ0v) is 20.3. The lowest BCUT2D eigenvalue weighted by molar-refractivity contribution is -0.0686. The van der Waals surface area contributed by atoms with Gasteiger partial charge in [0.2, 0.25) is 0 Å². The number of nitrogens with one attached hydrogen (secondary N) is 1. The van der Waals surface area contributed by atoms with Crippen LogP contribution in [0.3, 0.4) is 0 Å². The molecule has 1 saturated heterocycles. The Labute approximate surface area is 197 Å². The van der Waals surface area contributed by atoms with Crippen LogP contribution in [-0.2, 0) is 9.47 Å². The zero-order chi connectivity index (χ0) is 23.9. The van der Waals surface area contributed by atoms with E-state index in [1.807, 2.05) is 0 Å². The molecule has 0 saturated carbocycles. The molecule has 0 radical (unpaired) electrons. The standard InChI is InChI=1S/C25H44N2O6/c1-2-3-4-5-6-7-8-9-10-11-12-13-14-15-18-32-19-20-22(29)23(30)24(33-20)27-17-16-21(28)26-25(27)31/h16-17,20,22-24,29-30H,2-15,18-19H2,1H3,(H,26,28,31)/t20-,22-,23-,24-/m1/s1. The molecule has 8 nitrogen and oxygen atoms in total. The third-order valence-electron chi connectivity index (χ3n) is 6.39. The lowest BCUT2D eigenvalue weighted by Gasteiger charge is -2.16. The maximum atomic E-state index is 11.9. The molecule has 0 unspecified atom stereocenters. The van der Waals surface area contributed by atoms with Gasteiger partial charge in [-0.25, -0.2) is 4.79 Å². The minimum Gasteiger partial charge on any atom is -0.387 e. The highest BCUT2D eigenvalue weighted by molar-refractivity contribution is 4.93. The number of ether oxygens (including phenoxy) is 2. The second-order valence-corrected chi connectivity index (χ2v) is 9.23. The molecule has 1 aliphatic heterocycles. The van der Waals surface area contributed by atoms with Gasteiger partial charge >= 0.3 is 5.69 Å². The van der Waals surface area contributed by atoms with Gasteiger partial charge in [0.05, 0.1) is 6.61 Å². The maximum absolute atomic E-state index is 11.9. The number of rotatable bonds is 18. The average molecular weight is 469 g/mol. The van der Waals surface area contributed by atoms with E-state index in [-0.39, 0.29) is 6.61 Å². The Morgan fingerprint density at radius 3 is 1.97 bits per heavy atom. The van der Waals surface area contributed by atoms with Crippen LogP contribution in [0.25, 0.3) is 0 Å². The molecule has 1 aromatic rings.